The van der Waals surface area contributed by atoms with Gasteiger partial charge < -0.3 is 4.90 Å². The van der Waals surface area contributed by atoms with Crippen molar-refractivity contribution in [3.63, 3.8) is 0 Å². The summed E-state index contributed by atoms with van der Waals surface area (Å²) in [4.78, 5) is 14.5. The van der Waals surface area contributed by atoms with Gasteiger partial charge in [-0.05, 0) is 36.5 Å². The summed E-state index contributed by atoms with van der Waals surface area (Å²) in [5.41, 5.74) is 1.16. The van der Waals surface area contributed by atoms with Crippen LogP contribution in [0.5, 0.6) is 0 Å². The summed E-state index contributed by atoms with van der Waals surface area (Å²) in [5, 5.41) is 0. The highest BCUT2D eigenvalue weighted by atomic mass is 79.9. The van der Waals surface area contributed by atoms with Gasteiger partial charge in [-0.15, -0.1) is 0 Å². The molecule has 0 radical (unpaired) electrons. The number of piperidine rings is 1. The number of halogens is 2. The van der Waals surface area contributed by atoms with Crippen molar-refractivity contribution in [2.24, 2.45) is 5.41 Å². The number of carbonyl (C=O) groups excluding carboxylic acids is 1. The Morgan fingerprint density at radius 1 is 1.21 bits per heavy atom. The van der Waals surface area contributed by atoms with E-state index in [0.29, 0.717) is 5.41 Å². The highest BCUT2D eigenvalue weighted by Crippen LogP contribution is 2.34. The molecule has 0 spiro atoms. The molecule has 1 aromatic carbocycles. The van der Waals surface area contributed by atoms with Crippen molar-refractivity contribution in [1.29, 1.82) is 0 Å². The van der Waals surface area contributed by atoms with Crippen LogP contribution < -0.4 is 0 Å². The monoisotopic (exact) mass is 387 g/mol. The quantitative estimate of drug-likeness (QED) is 0.708. The van der Waals surface area contributed by atoms with Gasteiger partial charge in [-0.3, -0.25) is 4.79 Å². The molecule has 1 heterocycles. The number of amides is 1. The molecule has 19 heavy (non-hydrogen) atoms. The lowest BCUT2D eigenvalue weighted by Crippen LogP contribution is -2.41. The van der Waals surface area contributed by atoms with Crippen LogP contribution in [-0.4, -0.2) is 23.9 Å². The Hall–Kier alpha value is -0.350. The van der Waals surface area contributed by atoms with E-state index in [-0.39, 0.29) is 5.91 Å². The minimum atomic E-state index is 0.139. The van der Waals surface area contributed by atoms with Crippen LogP contribution in [0.25, 0.3) is 0 Å². The van der Waals surface area contributed by atoms with Gasteiger partial charge >= 0.3 is 0 Å². The largest absolute Gasteiger partial charge is 0.339 e. The minimum absolute atomic E-state index is 0.139. The molecule has 0 atom stereocenters. The van der Waals surface area contributed by atoms with Gasteiger partial charge in [-0.1, -0.05) is 52.1 Å². The third-order valence-electron chi connectivity index (χ3n) is 4.22. The molecule has 1 saturated heterocycles. The van der Waals surface area contributed by atoms with Crippen LogP contribution in [0.4, 0.5) is 0 Å². The second kappa shape index (κ2) is 5.96. The zero-order valence-electron chi connectivity index (χ0n) is 11.4. The van der Waals surface area contributed by atoms with E-state index >= 15 is 0 Å². The summed E-state index contributed by atoms with van der Waals surface area (Å²) in [6, 6.07) is 5.72. The molecule has 0 aromatic heterocycles. The number of likely N-dealkylation sites (tertiary alicyclic amines) is 1. The van der Waals surface area contributed by atoms with Gasteiger partial charge in [-0.25, -0.2) is 0 Å². The summed E-state index contributed by atoms with van der Waals surface area (Å²) in [5.74, 6) is 0.139. The Morgan fingerprint density at radius 3 is 2.21 bits per heavy atom. The normalized spacial score (nSPS) is 18.4. The van der Waals surface area contributed by atoms with E-state index in [1.165, 1.54) is 6.42 Å². The maximum absolute atomic E-state index is 12.5. The van der Waals surface area contributed by atoms with Gasteiger partial charge in [0.05, 0.1) is 0 Å². The number of nitrogens with zero attached hydrogens (tertiary/aromatic N) is 1. The molecule has 0 saturated carbocycles. The molecule has 2 rings (SSSR count). The van der Waals surface area contributed by atoms with Crippen LogP contribution in [0, 0.1) is 5.41 Å². The average molecular weight is 389 g/mol. The second-order valence-electron chi connectivity index (χ2n) is 5.61. The Kier molecular flexibility index (Phi) is 4.72. The van der Waals surface area contributed by atoms with E-state index in [0.717, 1.165) is 40.4 Å². The molecule has 0 unspecified atom stereocenters. The molecule has 1 aliphatic heterocycles. The van der Waals surface area contributed by atoms with Crippen molar-refractivity contribution in [2.75, 3.05) is 13.1 Å². The zero-order chi connectivity index (χ0) is 14.0. The first-order valence-corrected chi connectivity index (χ1v) is 8.27. The molecular weight excluding hydrogens is 370 g/mol. The van der Waals surface area contributed by atoms with Crippen LogP contribution in [0.2, 0.25) is 0 Å². The van der Waals surface area contributed by atoms with Gasteiger partial charge in [0.15, 0.2) is 0 Å². The maximum atomic E-state index is 12.5. The van der Waals surface area contributed by atoms with E-state index in [1.807, 2.05) is 23.1 Å². The van der Waals surface area contributed by atoms with Gasteiger partial charge in [-0.2, -0.15) is 0 Å². The fourth-order valence-corrected chi connectivity index (χ4v) is 3.76. The zero-order valence-corrected chi connectivity index (χ0v) is 14.6. The van der Waals surface area contributed by atoms with Crippen molar-refractivity contribution in [1.82, 2.24) is 4.90 Å². The predicted molar refractivity (Wildman–Crippen MR) is 85.4 cm³/mol. The molecule has 0 aliphatic carbocycles. The smallest absolute Gasteiger partial charge is 0.253 e. The van der Waals surface area contributed by atoms with Crippen molar-refractivity contribution in [2.45, 2.75) is 33.1 Å². The Bertz CT molecular complexity index is 459. The number of rotatable bonds is 2. The van der Waals surface area contributed by atoms with Crippen LogP contribution in [-0.2, 0) is 0 Å². The second-order valence-corrected chi connectivity index (χ2v) is 7.45. The van der Waals surface area contributed by atoms with E-state index in [1.54, 1.807) is 0 Å². The lowest BCUT2D eigenvalue weighted by atomic mass is 9.78. The van der Waals surface area contributed by atoms with Gasteiger partial charge in [0, 0.05) is 27.6 Å². The highest BCUT2D eigenvalue weighted by molar-refractivity contribution is 9.11. The Morgan fingerprint density at radius 2 is 1.74 bits per heavy atom. The van der Waals surface area contributed by atoms with Crippen molar-refractivity contribution in [3.8, 4) is 0 Å². The standard InChI is InChI=1S/C15H19Br2NO/c1-3-15(2)4-6-18(7-5-15)14(19)11-8-12(16)10-13(17)9-11/h8-10H,3-7H2,1-2H3. The van der Waals surface area contributed by atoms with Crippen LogP contribution in [0.15, 0.2) is 27.1 Å². The predicted octanol–water partition coefficient (Wildman–Crippen LogP) is 4.86. The van der Waals surface area contributed by atoms with Gasteiger partial charge in [0.2, 0.25) is 0 Å². The van der Waals surface area contributed by atoms with E-state index in [2.05, 4.69) is 45.7 Å². The van der Waals surface area contributed by atoms with Gasteiger partial charge in [0.1, 0.15) is 0 Å². The first-order chi connectivity index (χ1) is 8.93. The van der Waals surface area contributed by atoms with Crippen LogP contribution >= 0.6 is 31.9 Å². The van der Waals surface area contributed by atoms with Crippen molar-refractivity contribution in [3.05, 3.63) is 32.7 Å². The lowest BCUT2D eigenvalue weighted by Gasteiger charge is -2.39. The van der Waals surface area contributed by atoms with Crippen LogP contribution in [0.3, 0.4) is 0 Å². The highest BCUT2D eigenvalue weighted by Gasteiger charge is 2.30. The average Bonchev–Trinajstić information content (AvgIpc) is 2.38. The van der Waals surface area contributed by atoms with Crippen molar-refractivity contribution >= 4 is 37.8 Å². The Labute approximate surface area is 131 Å². The topological polar surface area (TPSA) is 20.3 Å². The van der Waals surface area contributed by atoms with Gasteiger partial charge in [0.25, 0.3) is 5.91 Å². The summed E-state index contributed by atoms with van der Waals surface area (Å²) < 4.78 is 1.86. The van der Waals surface area contributed by atoms with Crippen LogP contribution in [0.1, 0.15) is 43.5 Å². The lowest BCUT2D eigenvalue weighted by molar-refractivity contribution is 0.0600. The molecular formula is C15H19Br2NO. The molecule has 104 valence electrons. The minimum Gasteiger partial charge on any atom is -0.339 e. The maximum Gasteiger partial charge on any atom is 0.253 e. The first kappa shape index (κ1) is 15.0. The number of hydrogen-bond acceptors (Lipinski definition) is 1. The Balaban J connectivity index is 2.09. The fraction of sp³-hybridized carbons (Fsp3) is 0.533. The van der Waals surface area contributed by atoms with E-state index in [4.69, 9.17) is 0 Å². The SMILES string of the molecule is CCC1(C)CCN(C(=O)c2cc(Br)cc(Br)c2)CC1. The molecule has 1 amide bonds. The summed E-state index contributed by atoms with van der Waals surface area (Å²) in [6.07, 6.45) is 3.40. The molecule has 0 N–H and O–H groups in total. The van der Waals surface area contributed by atoms with Crippen molar-refractivity contribution < 1.29 is 4.79 Å². The third kappa shape index (κ3) is 3.60. The van der Waals surface area contributed by atoms with E-state index < -0.39 is 0 Å². The molecule has 2 nitrogen and oxygen atoms in total. The third-order valence-corrected chi connectivity index (χ3v) is 5.14. The molecule has 4 heteroatoms. The number of hydrogen-bond donors (Lipinski definition) is 0. The first-order valence-electron chi connectivity index (χ1n) is 6.69. The molecule has 1 fully saturated rings. The number of benzene rings is 1. The molecule has 0 bridgehead atoms. The summed E-state index contributed by atoms with van der Waals surface area (Å²) >= 11 is 6.87. The summed E-state index contributed by atoms with van der Waals surface area (Å²) in [6.45, 7) is 6.30. The molecule has 1 aliphatic rings. The fourth-order valence-electron chi connectivity index (χ4n) is 2.46. The number of carbonyl (C=O) groups is 1. The molecule has 1 aromatic rings. The van der Waals surface area contributed by atoms with E-state index in [9.17, 15) is 4.79 Å². The summed E-state index contributed by atoms with van der Waals surface area (Å²) in [7, 11) is 0.